The number of carbonyl (C=O) groups excluding carboxylic acids is 6. The molecular formula is C29H34N2O10. The lowest BCUT2D eigenvalue weighted by atomic mass is 9.49. The van der Waals surface area contributed by atoms with E-state index in [4.69, 9.17) is 10.5 Å². The summed E-state index contributed by atoms with van der Waals surface area (Å²) < 4.78 is 5.05. The smallest absolute Gasteiger partial charge is 0.330 e. The quantitative estimate of drug-likeness (QED) is 0.146. The zero-order valence-corrected chi connectivity index (χ0v) is 23.2. The minimum atomic E-state index is -3.06. The van der Waals surface area contributed by atoms with E-state index >= 15 is 0 Å². The zero-order valence-electron chi connectivity index (χ0n) is 23.2. The highest BCUT2D eigenvalue weighted by molar-refractivity contribution is 6.32. The van der Waals surface area contributed by atoms with Crippen LogP contribution in [0.4, 0.5) is 0 Å². The number of esters is 1. The van der Waals surface area contributed by atoms with Gasteiger partial charge in [-0.2, -0.15) is 0 Å². The van der Waals surface area contributed by atoms with Crippen LogP contribution in [0.2, 0.25) is 0 Å². The van der Waals surface area contributed by atoms with E-state index in [1.165, 1.54) is 37.2 Å². The topological polar surface area (TPSA) is 202 Å². The van der Waals surface area contributed by atoms with E-state index in [9.17, 15) is 44.1 Å². The van der Waals surface area contributed by atoms with E-state index in [-0.39, 0.29) is 17.7 Å². The van der Waals surface area contributed by atoms with Gasteiger partial charge >= 0.3 is 5.97 Å². The normalized spacial score (nSPS) is 33.0. The number of nitrogens with two attached hydrogens (primary N) is 1. The van der Waals surface area contributed by atoms with Gasteiger partial charge in [-0.15, -0.1) is 0 Å². The Morgan fingerprint density at radius 3 is 2.39 bits per heavy atom. The van der Waals surface area contributed by atoms with Crippen LogP contribution in [0.15, 0.2) is 18.2 Å². The molecule has 3 aliphatic rings. The highest BCUT2D eigenvalue weighted by atomic mass is 16.5. The maximum Gasteiger partial charge on any atom is 0.330 e. The van der Waals surface area contributed by atoms with Gasteiger partial charge in [0.1, 0.15) is 5.75 Å². The average molecular weight is 571 g/mol. The van der Waals surface area contributed by atoms with Crippen LogP contribution in [0.25, 0.3) is 6.08 Å². The van der Waals surface area contributed by atoms with Gasteiger partial charge in [0.25, 0.3) is 0 Å². The van der Waals surface area contributed by atoms with E-state index in [0.717, 1.165) is 12.5 Å². The van der Waals surface area contributed by atoms with E-state index in [1.54, 1.807) is 6.92 Å². The van der Waals surface area contributed by atoms with Crippen molar-refractivity contribution in [1.29, 1.82) is 0 Å². The number of ether oxygens (including phenoxy) is 1. The molecular weight excluding hydrogens is 536 g/mol. The summed E-state index contributed by atoms with van der Waals surface area (Å²) in [6.45, 7) is 3.78. The second-order valence-corrected chi connectivity index (χ2v) is 11.2. The monoisotopic (exact) mass is 570 g/mol. The van der Waals surface area contributed by atoms with Crippen molar-refractivity contribution < 1.29 is 48.8 Å². The summed E-state index contributed by atoms with van der Waals surface area (Å²) in [5, 5.41) is 34.3. The number of aliphatic hydroxyl groups is 2. The second kappa shape index (κ2) is 10.9. The number of aromatic hydroxyl groups is 1. The third-order valence-electron chi connectivity index (χ3n) is 8.66. The number of benzene rings is 1. The number of aliphatic hydroxyl groups excluding tert-OH is 1. The van der Waals surface area contributed by atoms with Crippen molar-refractivity contribution in [3.05, 3.63) is 34.9 Å². The number of amides is 1. The molecule has 5 N–H and O–H groups in total. The average Bonchev–Trinajstić information content (AvgIpc) is 2.90. The summed E-state index contributed by atoms with van der Waals surface area (Å²) in [6.07, 6.45) is 2.14. The van der Waals surface area contributed by atoms with Gasteiger partial charge in [0.2, 0.25) is 5.91 Å². The summed E-state index contributed by atoms with van der Waals surface area (Å²) in [7, 11) is 2.86. The summed E-state index contributed by atoms with van der Waals surface area (Å²) >= 11 is 0. The lowest BCUT2D eigenvalue weighted by Crippen LogP contribution is -2.77. The number of phenolic OH excluding ortho intramolecular Hbond substituents is 1. The van der Waals surface area contributed by atoms with Crippen LogP contribution >= 0.6 is 0 Å². The largest absolute Gasteiger partial charge is 0.507 e. The zero-order chi connectivity index (χ0) is 30.5. The third-order valence-corrected chi connectivity index (χ3v) is 8.66. The van der Waals surface area contributed by atoms with Crippen LogP contribution in [0.5, 0.6) is 5.75 Å². The van der Waals surface area contributed by atoms with Crippen molar-refractivity contribution >= 4 is 41.1 Å². The highest BCUT2D eigenvalue weighted by Crippen LogP contribution is 2.54. The van der Waals surface area contributed by atoms with Gasteiger partial charge in [-0.25, -0.2) is 4.79 Å². The third kappa shape index (κ3) is 4.50. The molecule has 1 aromatic carbocycles. The molecule has 0 saturated heterocycles. The molecule has 0 spiro atoms. The number of rotatable bonds is 7. The molecule has 0 aromatic heterocycles. The van der Waals surface area contributed by atoms with Gasteiger partial charge in [-0.3, -0.25) is 28.9 Å². The Balaban J connectivity index is 1.81. The Bertz CT molecular complexity index is 1370. The van der Waals surface area contributed by atoms with Crippen LogP contribution < -0.4 is 5.73 Å². The van der Waals surface area contributed by atoms with Crippen molar-refractivity contribution in [2.75, 3.05) is 20.7 Å². The first kappa shape index (κ1) is 30.2. The van der Waals surface area contributed by atoms with Crippen molar-refractivity contribution in [3.8, 4) is 5.75 Å². The molecule has 0 radical (unpaired) electrons. The first-order chi connectivity index (χ1) is 19.2. The van der Waals surface area contributed by atoms with E-state index in [2.05, 4.69) is 0 Å². The molecule has 0 aliphatic heterocycles. The van der Waals surface area contributed by atoms with Gasteiger partial charge in [0, 0.05) is 17.6 Å². The molecule has 8 atom stereocenters. The molecule has 3 unspecified atom stereocenters. The molecule has 12 heteroatoms. The predicted octanol–water partition coefficient (Wildman–Crippen LogP) is -0.245. The number of unbranched alkanes of at least 4 members (excludes halogenated alkanes) is 1. The second-order valence-electron chi connectivity index (χ2n) is 11.2. The molecule has 0 bridgehead atoms. The number of primary amides is 1. The highest BCUT2D eigenvalue weighted by Gasteiger charge is 2.72. The number of ketones is 4. The van der Waals surface area contributed by atoms with Crippen molar-refractivity contribution in [1.82, 2.24) is 4.90 Å². The van der Waals surface area contributed by atoms with Crippen LogP contribution in [0.3, 0.4) is 0 Å². The van der Waals surface area contributed by atoms with E-state index in [1.807, 2.05) is 6.92 Å². The van der Waals surface area contributed by atoms with Gasteiger partial charge in [0.15, 0.2) is 34.7 Å². The van der Waals surface area contributed by atoms with E-state index < -0.39 is 88.1 Å². The van der Waals surface area contributed by atoms with Gasteiger partial charge in [0.05, 0.1) is 36.2 Å². The van der Waals surface area contributed by atoms with Crippen LogP contribution in [-0.4, -0.2) is 93.7 Å². The number of Topliss-reactive ketones (excluding diaryl/α,β-unsaturated/α-hetero) is 4. The predicted molar refractivity (Wildman–Crippen MR) is 142 cm³/mol. The van der Waals surface area contributed by atoms with E-state index in [0.29, 0.717) is 12.0 Å². The summed E-state index contributed by atoms with van der Waals surface area (Å²) in [6, 6.07) is 1.56. The first-order valence-electron chi connectivity index (χ1n) is 13.4. The minimum Gasteiger partial charge on any atom is -0.507 e. The first-order valence-corrected chi connectivity index (χ1v) is 13.4. The lowest BCUT2D eigenvalue weighted by molar-refractivity contribution is -0.196. The lowest BCUT2D eigenvalue weighted by Gasteiger charge is -2.56. The van der Waals surface area contributed by atoms with Gasteiger partial charge in [-0.05, 0) is 38.1 Å². The molecule has 220 valence electrons. The molecule has 4 rings (SSSR count). The minimum absolute atomic E-state index is 0.0800. The number of hydrogen-bond donors (Lipinski definition) is 4. The fourth-order valence-corrected chi connectivity index (χ4v) is 6.66. The molecule has 1 aromatic rings. The van der Waals surface area contributed by atoms with Crippen LogP contribution in [0.1, 0.15) is 54.1 Å². The molecule has 3 aliphatic carbocycles. The summed E-state index contributed by atoms with van der Waals surface area (Å²) in [5.74, 6) is -14.7. The van der Waals surface area contributed by atoms with Gasteiger partial charge < -0.3 is 25.8 Å². The molecule has 0 heterocycles. The van der Waals surface area contributed by atoms with Crippen LogP contribution in [0, 0.1) is 23.7 Å². The Labute approximate surface area is 236 Å². The SMILES string of the molecule is CCCCOC(=O)C=Cc1ccc2c(c1O)C(=O)C1C(=O)[C@]3(O)C(=O)C(C(N)=O)C(=O)C(N(C)C)[C@@H]3[C@@H](O)[C@@H]1[C@H]2C. The van der Waals surface area contributed by atoms with Crippen LogP contribution in [-0.2, 0) is 28.7 Å². The number of likely N-dealkylation sites (N-methyl/N-ethyl adjacent to an activating group) is 1. The van der Waals surface area contributed by atoms with Crippen molar-refractivity contribution in [2.45, 2.75) is 50.4 Å². The number of nitrogens with zero attached hydrogens (tertiary/aromatic N) is 1. The standard InChI is InChI=1S/C29H34N2O10/c1-5-6-11-41-15(32)10-8-13-7-9-14-12(2)16-18(23(34)17(14)22(13)33)26(37)29(40)20(24(16)35)21(31(3)4)25(36)19(27(29)38)28(30)39/h7-10,12,16,18-21,24,33,35,40H,5-6,11H2,1-4H3,(H2,30,39)/t12-,16+,18?,19?,20+,21?,24-,29-/m0/s1. The maximum atomic E-state index is 14.0. The van der Waals surface area contributed by atoms with Gasteiger partial charge in [-0.1, -0.05) is 32.4 Å². The molecule has 1 amide bonds. The number of phenols is 1. The number of carbonyl (C=O) groups is 6. The Hall–Kier alpha value is -3.74. The Kier molecular flexibility index (Phi) is 8.05. The Morgan fingerprint density at radius 1 is 1.15 bits per heavy atom. The van der Waals surface area contributed by atoms with Crippen molar-refractivity contribution in [2.24, 2.45) is 29.4 Å². The molecule has 2 fully saturated rings. The number of hydrogen-bond acceptors (Lipinski definition) is 11. The number of fused-ring (bicyclic) bond motifs is 3. The molecule has 41 heavy (non-hydrogen) atoms. The fraction of sp³-hybridized carbons (Fsp3) is 0.517. The molecule has 12 nitrogen and oxygen atoms in total. The maximum absolute atomic E-state index is 14.0. The molecule has 2 saturated carbocycles. The summed E-state index contributed by atoms with van der Waals surface area (Å²) in [5.41, 5.74) is 2.38. The summed E-state index contributed by atoms with van der Waals surface area (Å²) in [4.78, 5) is 79.8. The Morgan fingerprint density at radius 2 is 1.80 bits per heavy atom. The fourth-order valence-electron chi connectivity index (χ4n) is 6.66. The van der Waals surface area contributed by atoms with Crippen molar-refractivity contribution in [3.63, 3.8) is 0 Å².